The number of carbonyl (C=O) groups excluding carboxylic acids is 1. The molecule has 1 amide bonds. The highest BCUT2D eigenvalue weighted by Crippen LogP contribution is 2.25. The van der Waals surface area contributed by atoms with E-state index in [9.17, 15) is 4.79 Å². The largest absolute Gasteiger partial charge is 0.481 e. The maximum atomic E-state index is 11.9. The van der Waals surface area contributed by atoms with E-state index in [2.05, 4.69) is 12.2 Å². The van der Waals surface area contributed by atoms with E-state index in [1.807, 2.05) is 0 Å². The smallest absolute Gasteiger partial charge is 0.260 e. The molecule has 5 heteroatoms. The van der Waals surface area contributed by atoms with Crippen LogP contribution >= 0.6 is 11.6 Å². The minimum absolute atomic E-state index is 0.0609. The van der Waals surface area contributed by atoms with E-state index < -0.39 is 6.10 Å². The topological polar surface area (TPSA) is 47.6 Å². The zero-order valence-electron chi connectivity index (χ0n) is 11.1. The molecule has 1 aliphatic rings. The number of halogens is 1. The molecule has 1 aromatic carbocycles. The summed E-state index contributed by atoms with van der Waals surface area (Å²) in [6.45, 7) is 5.79. The van der Waals surface area contributed by atoms with E-state index in [0.717, 1.165) is 0 Å². The van der Waals surface area contributed by atoms with Crippen LogP contribution in [0.1, 0.15) is 13.8 Å². The van der Waals surface area contributed by atoms with Crippen molar-refractivity contribution in [2.45, 2.75) is 20.0 Å². The number of benzene rings is 1. The van der Waals surface area contributed by atoms with Crippen molar-refractivity contribution in [2.24, 2.45) is 5.41 Å². The third-order valence-electron chi connectivity index (χ3n) is 3.07. The maximum Gasteiger partial charge on any atom is 0.260 e. The van der Waals surface area contributed by atoms with Gasteiger partial charge in [-0.1, -0.05) is 24.6 Å². The summed E-state index contributed by atoms with van der Waals surface area (Å²) in [5.74, 6) is 0.460. The minimum atomic E-state index is -0.553. The van der Waals surface area contributed by atoms with Crippen LogP contribution in [-0.2, 0) is 9.53 Å². The van der Waals surface area contributed by atoms with E-state index in [0.29, 0.717) is 30.5 Å². The lowest BCUT2D eigenvalue weighted by molar-refractivity contribution is -0.132. The van der Waals surface area contributed by atoms with Crippen molar-refractivity contribution >= 4 is 17.5 Å². The Morgan fingerprint density at radius 2 is 2.32 bits per heavy atom. The Kier molecular flexibility index (Phi) is 4.32. The molecule has 19 heavy (non-hydrogen) atoms. The molecule has 1 heterocycles. The Bertz CT molecular complexity index is 460. The van der Waals surface area contributed by atoms with Crippen LogP contribution in [-0.4, -0.2) is 31.8 Å². The number of hydrogen-bond donors (Lipinski definition) is 1. The van der Waals surface area contributed by atoms with Gasteiger partial charge in [0.25, 0.3) is 5.91 Å². The molecule has 1 atom stereocenters. The third kappa shape index (κ3) is 3.85. The molecule has 4 nitrogen and oxygen atoms in total. The number of rotatable bonds is 5. The van der Waals surface area contributed by atoms with E-state index in [-0.39, 0.29) is 11.3 Å². The predicted octanol–water partition coefficient (Wildman–Crippen LogP) is 2.26. The van der Waals surface area contributed by atoms with E-state index in [1.54, 1.807) is 31.2 Å². The number of carbonyl (C=O) groups is 1. The first kappa shape index (κ1) is 14.2. The first-order chi connectivity index (χ1) is 8.98. The first-order valence-corrected chi connectivity index (χ1v) is 6.64. The third-order valence-corrected chi connectivity index (χ3v) is 3.30. The van der Waals surface area contributed by atoms with Crippen LogP contribution in [0.5, 0.6) is 5.75 Å². The molecule has 0 spiro atoms. The summed E-state index contributed by atoms with van der Waals surface area (Å²) in [6.07, 6.45) is -0.553. The molecule has 1 aromatic rings. The minimum Gasteiger partial charge on any atom is -0.481 e. The van der Waals surface area contributed by atoms with Gasteiger partial charge in [-0.2, -0.15) is 0 Å². The summed E-state index contributed by atoms with van der Waals surface area (Å²) in [6, 6.07) is 7.01. The summed E-state index contributed by atoms with van der Waals surface area (Å²) in [5, 5.41) is 3.47. The molecule has 0 aromatic heterocycles. The molecular formula is C14H18ClNO3. The van der Waals surface area contributed by atoms with Gasteiger partial charge in [-0.05, 0) is 25.1 Å². The normalized spacial score (nSPS) is 18.3. The standard InChI is InChI=1S/C14H18ClNO3/c1-10(19-12-5-3-4-11(15)6-12)13(17)16-7-14(2)8-18-9-14/h3-6,10H,7-9H2,1-2H3,(H,16,17). The van der Waals surface area contributed by atoms with Gasteiger partial charge in [0.15, 0.2) is 6.10 Å². The van der Waals surface area contributed by atoms with Crippen LogP contribution in [0, 0.1) is 5.41 Å². The van der Waals surface area contributed by atoms with E-state index in [1.165, 1.54) is 0 Å². The van der Waals surface area contributed by atoms with Crippen molar-refractivity contribution in [2.75, 3.05) is 19.8 Å². The van der Waals surface area contributed by atoms with E-state index in [4.69, 9.17) is 21.1 Å². The van der Waals surface area contributed by atoms with Crippen LogP contribution in [0.4, 0.5) is 0 Å². The SMILES string of the molecule is CC(Oc1cccc(Cl)c1)C(=O)NCC1(C)COC1. The van der Waals surface area contributed by atoms with Gasteiger partial charge in [0, 0.05) is 17.0 Å². The zero-order valence-corrected chi connectivity index (χ0v) is 11.9. The second kappa shape index (κ2) is 5.80. The predicted molar refractivity (Wildman–Crippen MR) is 73.5 cm³/mol. The van der Waals surface area contributed by atoms with Gasteiger partial charge in [0.2, 0.25) is 0 Å². The summed E-state index contributed by atoms with van der Waals surface area (Å²) >= 11 is 5.86. The lowest BCUT2D eigenvalue weighted by atomic mass is 9.89. The van der Waals surface area contributed by atoms with Gasteiger partial charge in [-0.25, -0.2) is 0 Å². The van der Waals surface area contributed by atoms with Crippen molar-refractivity contribution in [1.29, 1.82) is 0 Å². The lowest BCUT2D eigenvalue weighted by Gasteiger charge is -2.38. The number of amides is 1. The van der Waals surface area contributed by atoms with Crippen molar-refractivity contribution < 1.29 is 14.3 Å². The van der Waals surface area contributed by atoms with Gasteiger partial charge >= 0.3 is 0 Å². The Morgan fingerprint density at radius 3 is 2.89 bits per heavy atom. The second-order valence-corrected chi connectivity index (χ2v) is 5.68. The van der Waals surface area contributed by atoms with Gasteiger partial charge in [0.05, 0.1) is 13.2 Å². The average molecular weight is 284 g/mol. The highest BCUT2D eigenvalue weighted by atomic mass is 35.5. The summed E-state index contributed by atoms with van der Waals surface area (Å²) in [4.78, 5) is 11.9. The van der Waals surface area contributed by atoms with Gasteiger partial charge < -0.3 is 14.8 Å². The Morgan fingerprint density at radius 1 is 1.58 bits per heavy atom. The van der Waals surface area contributed by atoms with Gasteiger partial charge in [0.1, 0.15) is 5.75 Å². The summed E-state index contributed by atoms with van der Waals surface area (Å²) < 4.78 is 10.7. The number of ether oxygens (including phenoxy) is 2. The average Bonchev–Trinajstić information content (AvgIpc) is 2.33. The van der Waals surface area contributed by atoms with Crippen LogP contribution in [0.2, 0.25) is 5.02 Å². The molecule has 104 valence electrons. The summed E-state index contributed by atoms with van der Waals surface area (Å²) in [5.41, 5.74) is 0.0609. The zero-order chi connectivity index (χ0) is 13.9. The molecule has 0 aliphatic carbocycles. The second-order valence-electron chi connectivity index (χ2n) is 5.24. The fraction of sp³-hybridized carbons (Fsp3) is 0.500. The Hall–Kier alpha value is -1.26. The Labute approximate surface area is 118 Å². The molecule has 0 bridgehead atoms. The number of nitrogens with one attached hydrogen (secondary N) is 1. The fourth-order valence-electron chi connectivity index (χ4n) is 1.79. The molecule has 1 N–H and O–H groups in total. The van der Waals surface area contributed by atoms with Crippen molar-refractivity contribution in [3.8, 4) is 5.75 Å². The molecule has 0 saturated carbocycles. The number of hydrogen-bond acceptors (Lipinski definition) is 3. The van der Waals surface area contributed by atoms with Gasteiger partial charge in [-0.3, -0.25) is 4.79 Å². The summed E-state index contributed by atoms with van der Waals surface area (Å²) in [7, 11) is 0. The lowest BCUT2D eigenvalue weighted by Crippen LogP contribution is -2.50. The fourth-order valence-corrected chi connectivity index (χ4v) is 1.98. The van der Waals surface area contributed by atoms with Crippen LogP contribution in [0.3, 0.4) is 0 Å². The molecule has 1 aliphatic heterocycles. The van der Waals surface area contributed by atoms with Crippen molar-refractivity contribution in [3.63, 3.8) is 0 Å². The maximum absolute atomic E-state index is 11.9. The van der Waals surface area contributed by atoms with Gasteiger partial charge in [-0.15, -0.1) is 0 Å². The van der Waals surface area contributed by atoms with Crippen LogP contribution < -0.4 is 10.1 Å². The molecule has 1 fully saturated rings. The molecule has 1 saturated heterocycles. The molecular weight excluding hydrogens is 266 g/mol. The monoisotopic (exact) mass is 283 g/mol. The first-order valence-electron chi connectivity index (χ1n) is 6.26. The van der Waals surface area contributed by atoms with Crippen molar-refractivity contribution in [1.82, 2.24) is 5.32 Å². The molecule has 2 rings (SSSR count). The van der Waals surface area contributed by atoms with Crippen LogP contribution in [0.25, 0.3) is 0 Å². The molecule has 0 radical (unpaired) electrons. The van der Waals surface area contributed by atoms with E-state index >= 15 is 0 Å². The highest BCUT2D eigenvalue weighted by Gasteiger charge is 2.34. The van der Waals surface area contributed by atoms with Crippen LogP contribution in [0.15, 0.2) is 24.3 Å². The highest BCUT2D eigenvalue weighted by molar-refractivity contribution is 6.30. The molecule has 1 unspecified atom stereocenters. The quantitative estimate of drug-likeness (QED) is 0.902. The van der Waals surface area contributed by atoms with Crippen molar-refractivity contribution in [3.05, 3.63) is 29.3 Å². The Balaban J connectivity index is 1.82.